The summed E-state index contributed by atoms with van der Waals surface area (Å²) in [5.74, 6) is -0.730. The van der Waals surface area contributed by atoms with Gasteiger partial charge in [0.1, 0.15) is 6.04 Å². The van der Waals surface area contributed by atoms with E-state index in [9.17, 15) is 18.0 Å². The Morgan fingerprint density at radius 1 is 1.38 bits per heavy atom. The molecule has 1 aromatic rings. The zero-order valence-electron chi connectivity index (χ0n) is 7.94. The highest BCUT2D eigenvalue weighted by atomic mass is 35.5. The molecule has 16 heavy (non-hydrogen) atoms. The molecule has 86 valence electrons. The van der Waals surface area contributed by atoms with E-state index >= 15 is 0 Å². The van der Waals surface area contributed by atoms with Crippen molar-refractivity contribution in [2.75, 3.05) is 0 Å². The van der Waals surface area contributed by atoms with Crippen molar-refractivity contribution in [1.29, 1.82) is 0 Å². The Morgan fingerprint density at radius 3 is 2.69 bits per heavy atom. The van der Waals surface area contributed by atoms with Crippen molar-refractivity contribution in [1.82, 2.24) is 5.32 Å². The molecule has 0 fully saturated rings. The molecule has 1 amide bonds. The van der Waals surface area contributed by atoms with Crippen LogP contribution in [0.3, 0.4) is 0 Å². The second-order valence-electron chi connectivity index (χ2n) is 3.57. The van der Waals surface area contributed by atoms with Crippen LogP contribution in [0.5, 0.6) is 0 Å². The number of amides is 1. The van der Waals surface area contributed by atoms with Crippen LogP contribution in [0.1, 0.15) is 15.9 Å². The number of halogens is 4. The molecular weight excluding hydrogens is 243 g/mol. The fraction of sp³-hybridized carbons (Fsp3) is 0.300. The molecule has 2 nitrogen and oxygen atoms in total. The highest BCUT2D eigenvalue weighted by Crippen LogP contribution is 2.28. The molecule has 0 radical (unpaired) electrons. The van der Waals surface area contributed by atoms with Crippen LogP contribution in [0.2, 0.25) is 5.02 Å². The summed E-state index contributed by atoms with van der Waals surface area (Å²) in [5, 5.41) is 2.25. The SMILES string of the molecule is O=C1NC(C(F)(F)F)Cc2ccc(Cl)cc21. The third kappa shape index (κ3) is 2.00. The van der Waals surface area contributed by atoms with Crippen LogP contribution < -0.4 is 5.32 Å². The summed E-state index contributed by atoms with van der Waals surface area (Å²) in [7, 11) is 0. The van der Waals surface area contributed by atoms with Gasteiger partial charge >= 0.3 is 6.18 Å². The van der Waals surface area contributed by atoms with Crippen molar-refractivity contribution in [2.45, 2.75) is 18.6 Å². The second kappa shape index (κ2) is 3.66. The maximum absolute atomic E-state index is 12.4. The normalized spacial score (nSPS) is 20.2. The van der Waals surface area contributed by atoms with Gasteiger partial charge in [-0.3, -0.25) is 4.79 Å². The summed E-state index contributed by atoms with van der Waals surface area (Å²) >= 11 is 5.67. The first-order valence-corrected chi connectivity index (χ1v) is 4.92. The van der Waals surface area contributed by atoms with E-state index in [1.54, 1.807) is 0 Å². The Morgan fingerprint density at radius 2 is 2.06 bits per heavy atom. The molecule has 1 atom stereocenters. The van der Waals surface area contributed by atoms with Crippen LogP contribution in [-0.4, -0.2) is 18.1 Å². The first-order valence-electron chi connectivity index (χ1n) is 4.54. The van der Waals surface area contributed by atoms with Gasteiger partial charge in [-0.25, -0.2) is 0 Å². The van der Waals surface area contributed by atoms with Gasteiger partial charge in [0.05, 0.1) is 0 Å². The summed E-state index contributed by atoms with van der Waals surface area (Å²) in [6.07, 6.45) is -4.67. The molecule has 6 heteroatoms. The zero-order valence-corrected chi connectivity index (χ0v) is 8.69. The highest BCUT2D eigenvalue weighted by Gasteiger charge is 2.43. The lowest BCUT2D eigenvalue weighted by Crippen LogP contribution is -2.50. The number of fused-ring (bicyclic) bond motifs is 1. The van der Waals surface area contributed by atoms with Gasteiger partial charge in [-0.05, 0) is 17.7 Å². The lowest BCUT2D eigenvalue weighted by Gasteiger charge is -2.27. The van der Waals surface area contributed by atoms with E-state index < -0.39 is 18.1 Å². The average Bonchev–Trinajstić information content (AvgIpc) is 2.17. The quantitative estimate of drug-likeness (QED) is 0.752. The van der Waals surface area contributed by atoms with Crippen molar-refractivity contribution in [2.24, 2.45) is 0 Å². The Labute approximate surface area is 94.4 Å². The van der Waals surface area contributed by atoms with Crippen LogP contribution in [0.15, 0.2) is 18.2 Å². The maximum atomic E-state index is 12.4. The monoisotopic (exact) mass is 249 g/mol. The largest absolute Gasteiger partial charge is 0.408 e. The van der Waals surface area contributed by atoms with Crippen LogP contribution in [-0.2, 0) is 6.42 Å². The summed E-state index contributed by atoms with van der Waals surface area (Å²) in [6, 6.07) is 2.49. The van der Waals surface area contributed by atoms with E-state index in [1.807, 2.05) is 5.32 Å². The van der Waals surface area contributed by atoms with Crippen molar-refractivity contribution >= 4 is 17.5 Å². The molecule has 0 bridgehead atoms. The van der Waals surface area contributed by atoms with E-state index in [-0.39, 0.29) is 12.0 Å². The van der Waals surface area contributed by atoms with Crippen molar-refractivity contribution in [3.05, 3.63) is 34.3 Å². The Bertz CT molecular complexity index is 444. The predicted octanol–water partition coefficient (Wildman–Crippen LogP) is 2.56. The van der Waals surface area contributed by atoms with E-state index in [0.717, 1.165) is 0 Å². The molecule has 0 spiro atoms. The van der Waals surface area contributed by atoms with Crippen LogP contribution in [0.4, 0.5) is 13.2 Å². The topological polar surface area (TPSA) is 29.1 Å². The molecule has 1 N–H and O–H groups in total. The summed E-state index contributed by atoms with van der Waals surface area (Å²) in [6.45, 7) is 0. The van der Waals surface area contributed by atoms with E-state index in [0.29, 0.717) is 10.6 Å². The molecule has 1 aliphatic rings. The number of benzene rings is 1. The lowest BCUT2D eigenvalue weighted by molar-refractivity contribution is -0.153. The first kappa shape index (κ1) is 11.3. The van der Waals surface area contributed by atoms with E-state index in [4.69, 9.17) is 11.6 Å². The lowest BCUT2D eigenvalue weighted by atomic mass is 9.95. The molecule has 1 unspecified atom stereocenters. The number of rotatable bonds is 0. The number of carbonyl (C=O) groups excluding carboxylic acids is 1. The van der Waals surface area contributed by atoms with Crippen molar-refractivity contribution in [3.63, 3.8) is 0 Å². The molecule has 2 rings (SSSR count). The van der Waals surface area contributed by atoms with E-state index in [2.05, 4.69) is 0 Å². The van der Waals surface area contributed by atoms with Crippen molar-refractivity contribution < 1.29 is 18.0 Å². The predicted molar refractivity (Wildman–Crippen MR) is 52.5 cm³/mol. The fourth-order valence-corrected chi connectivity index (χ4v) is 1.81. The summed E-state index contributed by atoms with van der Waals surface area (Å²) in [5.41, 5.74) is 0.587. The van der Waals surface area contributed by atoms with Gasteiger partial charge in [-0.15, -0.1) is 0 Å². The fourth-order valence-electron chi connectivity index (χ4n) is 1.64. The van der Waals surface area contributed by atoms with Crippen molar-refractivity contribution in [3.8, 4) is 0 Å². The van der Waals surface area contributed by atoms with Gasteiger partial charge in [0, 0.05) is 17.0 Å². The number of hydrogen-bond acceptors (Lipinski definition) is 1. The minimum atomic E-state index is -4.42. The van der Waals surface area contributed by atoms with Crippen LogP contribution in [0.25, 0.3) is 0 Å². The minimum Gasteiger partial charge on any atom is -0.340 e. The number of nitrogens with one attached hydrogen (secondary N) is 1. The summed E-state index contributed by atoms with van der Waals surface area (Å²) in [4.78, 5) is 11.4. The molecule has 0 saturated carbocycles. The van der Waals surface area contributed by atoms with Crippen LogP contribution in [0, 0.1) is 0 Å². The Hall–Kier alpha value is -1.23. The van der Waals surface area contributed by atoms with Gasteiger partial charge in [-0.1, -0.05) is 17.7 Å². The van der Waals surface area contributed by atoms with E-state index in [1.165, 1.54) is 18.2 Å². The van der Waals surface area contributed by atoms with Crippen LogP contribution >= 0.6 is 11.6 Å². The molecule has 1 heterocycles. The maximum Gasteiger partial charge on any atom is 0.408 e. The molecule has 0 aliphatic carbocycles. The molecule has 0 saturated heterocycles. The number of hydrogen-bond donors (Lipinski definition) is 1. The number of alkyl halides is 3. The third-order valence-electron chi connectivity index (χ3n) is 2.44. The molecule has 0 aromatic heterocycles. The first-order chi connectivity index (χ1) is 7.38. The molecule has 1 aromatic carbocycles. The van der Waals surface area contributed by atoms with Gasteiger partial charge < -0.3 is 5.32 Å². The van der Waals surface area contributed by atoms with Gasteiger partial charge in [-0.2, -0.15) is 13.2 Å². The minimum absolute atomic E-state index is 0.216. The number of carbonyl (C=O) groups is 1. The van der Waals surface area contributed by atoms with Gasteiger partial charge in [0.25, 0.3) is 5.91 Å². The highest BCUT2D eigenvalue weighted by molar-refractivity contribution is 6.31. The zero-order chi connectivity index (χ0) is 11.9. The smallest absolute Gasteiger partial charge is 0.340 e. The average molecular weight is 250 g/mol. The molecular formula is C10H7ClF3NO. The standard InChI is InChI=1S/C10H7ClF3NO/c11-6-2-1-5-3-8(10(12,13)14)15-9(16)7(5)4-6/h1-2,4,8H,3H2,(H,15,16). The van der Waals surface area contributed by atoms with Gasteiger partial charge in [0.2, 0.25) is 0 Å². The summed E-state index contributed by atoms with van der Waals surface area (Å²) < 4.78 is 37.3. The Balaban J connectivity index is 2.38. The van der Waals surface area contributed by atoms with Gasteiger partial charge in [0.15, 0.2) is 0 Å². The molecule has 1 aliphatic heterocycles. The second-order valence-corrected chi connectivity index (χ2v) is 4.01. The third-order valence-corrected chi connectivity index (χ3v) is 2.68. The Kier molecular flexibility index (Phi) is 2.58.